The lowest BCUT2D eigenvalue weighted by Crippen LogP contribution is -2.06. The Balaban J connectivity index is 1.47. The number of imidazole rings is 1. The molecule has 0 aliphatic heterocycles. The molecule has 0 atom stereocenters. The van der Waals surface area contributed by atoms with E-state index in [-0.39, 0.29) is 5.43 Å². The molecule has 0 fully saturated rings. The fourth-order valence-corrected chi connectivity index (χ4v) is 4.74. The summed E-state index contributed by atoms with van der Waals surface area (Å²) in [6, 6.07) is 28.6. The van der Waals surface area contributed by atoms with Crippen LogP contribution in [0.2, 0.25) is 0 Å². The summed E-state index contributed by atoms with van der Waals surface area (Å²) in [4.78, 5) is 25.1. The van der Waals surface area contributed by atoms with Gasteiger partial charge in [0.25, 0.3) is 0 Å². The van der Waals surface area contributed by atoms with Gasteiger partial charge in [-0.15, -0.1) is 0 Å². The zero-order chi connectivity index (χ0) is 24.6. The minimum atomic E-state index is -0.0598. The summed E-state index contributed by atoms with van der Waals surface area (Å²) in [5.41, 5.74) is 9.84. The number of para-hydroxylation sites is 1. The Bertz CT molecular complexity index is 1780. The number of hydrogen-bond acceptors (Lipinski definition) is 3. The van der Waals surface area contributed by atoms with E-state index in [1.165, 1.54) is 17.2 Å². The summed E-state index contributed by atoms with van der Waals surface area (Å²) in [7, 11) is 1.94. The summed E-state index contributed by atoms with van der Waals surface area (Å²) in [6.07, 6.45) is 5.28. The van der Waals surface area contributed by atoms with Gasteiger partial charge in [-0.05, 0) is 47.4 Å². The van der Waals surface area contributed by atoms with Crippen molar-refractivity contribution in [1.82, 2.24) is 19.5 Å². The fraction of sp³-hybridized carbons (Fsp3) is 0.0645. The van der Waals surface area contributed by atoms with Crippen molar-refractivity contribution in [2.24, 2.45) is 7.05 Å². The molecule has 0 unspecified atom stereocenters. The fourth-order valence-electron chi connectivity index (χ4n) is 4.74. The van der Waals surface area contributed by atoms with Crippen LogP contribution in [0, 0.1) is 6.92 Å². The van der Waals surface area contributed by atoms with Gasteiger partial charge < -0.3 is 9.55 Å². The molecule has 0 bridgehead atoms. The average molecular weight is 469 g/mol. The van der Waals surface area contributed by atoms with Gasteiger partial charge in [0, 0.05) is 42.8 Å². The summed E-state index contributed by atoms with van der Waals surface area (Å²) in [5.74, 6) is 0.642. The minimum Gasteiger partial charge on any atom is -0.367 e. The quantitative estimate of drug-likeness (QED) is 0.316. The number of nitrogens with zero attached hydrogens (tertiary/aromatic N) is 3. The zero-order valence-corrected chi connectivity index (χ0v) is 20.1. The number of aromatic nitrogens is 4. The smallest absolute Gasteiger partial charge is 0.192 e. The molecular formula is C31H24N4O. The van der Waals surface area contributed by atoms with Crippen LogP contribution < -0.4 is 5.43 Å². The van der Waals surface area contributed by atoms with Crippen LogP contribution in [-0.2, 0) is 7.05 Å². The van der Waals surface area contributed by atoms with Crippen LogP contribution in [0.25, 0.3) is 55.9 Å². The first kappa shape index (κ1) is 21.7. The van der Waals surface area contributed by atoms with E-state index in [0.717, 1.165) is 39.0 Å². The second-order valence-corrected chi connectivity index (χ2v) is 8.92. The van der Waals surface area contributed by atoms with Gasteiger partial charge in [-0.3, -0.25) is 9.78 Å². The summed E-state index contributed by atoms with van der Waals surface area (Å²) < 4.78 is 1.97. The molecule has 6 aromatic rings. The molecule has 0 amide bonds. The van der Waals surface area contributed by atoms with Crippen LogP contribution in [0.4, 0.5) is 0 Å². The third-order valence-corrected chi connectivity index (χ3v) is 6.63. The molecule has 174 valence electrons. The number of benzene rings is 3. The number of hydrogen-bond donors (Lipinski definition) is 1. The van der Waals surface area contributed by atoms with Gasteiger partial charge >= 0.3 is 0 Å². The molecule has 0 spiro atoms. The van der Waals surface area contributed by atoms with E-state index in [9.17, 15) is 4.79 Å². The van der Waals surface area contributed by atoms with Crippen molar-refractivity contribution >= 4 is 11.0 Å². The van der Waals surface area contributed by atoms with Crippen molar-refractivity contribution in [3.05, 3.63) is 119 Å². The molecule has 36 heavy (non-hydrogen) atoms. The maximum atomic E-state index is 12.5. The Morgan fingerprint density at radius 3 is 2.39 bits per heavy atom. The van der Waals surface area contributed by atoms with Gasteiger partial charge in [0.15, 0.2) is 5.43 Å². The highest BCUT2D eigenvalue weighted by atomic mass is 16.1. The number of fused-ring (bicyclic) bond motifs is 1. The summed E-state index contributed by atoms with van der Waals surface area (Å²) in [6.45, 7) is 2.09. The van der Waals surface area contributed by atoms with Crippen molar-refractivity contribution in [3.63, 3.8) is 0 Å². The van der Waals surface area contributed by atoms with Gasteiger partial charge in [0.2, 0.25) is 0 Å². The number of pyridine rings is 2. The Morgan fingerprint density at radius 1 is 0.778 bits per heavy atom. The van der Waals surface area contributed by atoms with Crippen LogP contribution >= 0.6 is 0 Å². The number of aromatic amines is 1. The molecule has 5 heteroatoms. The van der Waals surface area contributed by atoms with Crippen molar-refractivity contribution in [3.8, 4) is 44.9 Å². The molecule has 0 saturated carbocycles. The maximum absolute atomic E-state index is 12.5. The second-order valence-electron chi connectivity index (χ2n) is 8.92. The zero-order valence-electron chi connectivity index (χ0n) is 20.1. The number of nitrogens with one attached hydrogen (secondary N) is 1. The normalized spacial score (nSPS) is 11.2. The highest BCUT2D eigenvalue weighted by Gasteiger charge is 2.16. The molecule has 3 aromatic carbocycles. The van der Waals surface area contributed by atoms with Crippen LogP contribution in [0.15, 0.2) is 108 Å². The van der Waals surface area contributed by atoms with Crippen molar-refractivity contribution in [2.45, 2.75) is 6.92 Å². The topological polar surface area (TPSA) is 63.6 Å². The van der Waals surface area contributed by atoms with Crippen LogP contribution in [0.3, 0.4) is 0 Å². The standard InChI is InChI=1S/C31H24N4O/c1-20-18-33-27(17-25(20)21-8-4-3-5-9-21)23-11-6-10-22(16-23)24-12-7-13-28-30(24)34-31(35(28)2)26-19-32-15-14-29(26)36/h3-19H,1-2H3,(H,32,36). The third-order valence-electron chi connectivity index (χ3n) is 6.63. The first-order chi connectivity index (χ1) is 17.6. The summed E-state index contributed by atoms with van der Waals surface area (Å²) in [5, 5.41) is 0. The Kier molecular flexibility index (Phi) is 5.30. The molecule has 3 aromatic heterocycles. The molecule has 0 aliphatic rings. The van der Waals surface area contributed by atoms with Crippen molar-refractivity contribution in [2.75, 3.05) is 0 Å². The van der Waals surface area contributed by atoms with Crippen LogP contribution in [-0.4, -0.2) is 19.5 Å². The molecule has 0 radical (unpaired) electrons. The summed E-state index contributed by atoms with van der Waals surface area (Å²) >= 11 is 0. The van der Waals surface area contributed by atoms with Crippen molar-refractivity contribution in [1.29, 1.82) is 0 Å². The van der Waals surface area contributed by atoms with E-state index < -0.39 is 0 Å². The molecule has 0 aliphatic carbocycles. The lowest BCUT2D eigenvalue weighted by molar-refractivity contribution is 0.955. The van der Waals surface area contributed by atoms with Gasteiger partial charge in [0.05, 0.1) is 22.3 Å². The predicted molar refractivity (Wildman–Crippen MR) is 146 cm³/mol. The highest BCUT2D eigenvalue weighted by Crippen LogP contribution is 2.34. The van der Waals surface area contributed by atoms with Gasteiger partial charge in [-0.25, -0.2) is 4.98 Å². The lowest BCUT2D eigenvalue weighted by atomic mass is 9.97. The SMILES string of the molecule is Cc1cnc(-c2cccc(-c3cccc4c3nc(-c3c[nH]ccc3=O)n4C)c2)cc1-c1ccccc1. The van der Waals surface area contributed by atoms with E-state index in [1.54, 1.807) is 12.4 Å². The van der Waals surface area contributed by atoms with Crippen LogP contribution in [0.5, 0.6) is 0 Å². The lowest BCUT2D eigenvalue weighted by Gasteiger charge is -2.10. The maximum Gasteiger partial charge on any atom is 0.192 e. The first-order valence-corrected chi connectivity index (χ1v) is 11.9. The molecule has 0 saturated heterocycles. The molecule has 6 rings (SSSR count). The molecule has 3 heterocycles. The molecule has 1 N–H and O–H groups in total. The van der Waals surface area contributed by atoms with Gasteiger partial charge in [-0.1, -0.05) is 60.7 Å². The van der Waals surface area contributed by atoms with E-state index in [4.69, 9.17) is 9.97 Å². The Hall–Kier alpha value is -4.77. The number of rotatable bonds is 4. The van der Waals surface area contributed by atoms with E-state index in [2.05, 4.69) is 72.6 Å². The van der Waals surface area contributed by atoms with E-state index in [0.29, 0.717) is 11.4 Å². The highest BCUT2D eigenvalue weighted by molar-refractivity contribution is 5.95. The Morgan fingerprint density at radius 2 is 1.56 bits per heavy atom. The molecular weight excluding hydrogens is 444 g/mol. The minimum absolute atomic E-state index is 0.0598. The molecule has 5 nitrogen and oxygen atoms in total. The predicted octanol–water partition coefficient (Wildman–Crippen LogP) is 6.63. The second kappa shape index (κ2) is 8.78. The number of aryl methyl sites for hydroxylation is 2. The number of H-pyrrole nitrogens is 1. The largest absolute Gasteiger partial charge is 0.367 e. The van der Waals surface area contributed by atoms with Gasteiger partial charge in [0.1, 0.15) is 5.82 Å². The van der Waals surface area contributed by atoms with E-state index in [1.807, 2.05) is 36.0 Å². The van der Waals surface area contributed by atoms with E-state index >= 15 is 0 Å². The first-order valence-electron chi connectivity index (χ1n) is 11.9. The average Bonchev–Trinajstić information content (AvgIpc) is 3.26. The van der Waals surface area contributed by atoms with Crippen LogP contribution in [0.1, 0.15) is 5.56 Å². The third kappa shape index (κ3) is 3.71. The van der Waals surface area contributed by atoms with Crippen molar-refractivity contribution < 1.29 is 0 Å². The Labute approximate surface area is 208 Å². The van der Waals surface area contributed by atoms with Gasteiger partial charge in [-0.2, -0.15) is 0 Å². The monoisotopic (exact) mass is 468 g/mol.